The third-order valence-electron chi connectivity index (χ3n) is 2.53. The molecule has 0 saturated carbocycles. The van der Waals surface area contributed by atoms with E-state index in [9.17, 15) is 0 Å². The summed E-state index contributed by atoms with van der Waals surface area (Å²) in [5.41, 5.74) is 1.11. The van der Waals surface area contributed by atoms with Crippen LogP contribution in [0.4, 0.5) is 11.5 Å². The SMILES string of the molecule is CCc1nc(Br)cc(N(C)c2ccccc2)n1. The molecule has 0 unspecified atom stereocenters. The third-order valence-corrected chi connectivity index (χ3v) is 2.94. The van der Waals surface area contributed by atoms with Crippen LogP contribution in [0, 0.1) is 0 Å². The zero-order valence-corrected chi connectivity index (χ0v) is 11.5. The van der Waals surface area contributed by atoms with E-state index in [0.717, 1.165) is 28.4 Å². The monoisotopic (exact) mass is 291 g/mol. The van der Waals surface area contributed by atoms with Crippen molar-refractivity contribution in [3.8, 4) is 0 Å². The van der Waals surface area contributed by atoms with Crippen molar-refractivity contribution >= 4 is 27.4 Å². The normalized spacial score (nSPS) is 10.3. The molecule has 0 aliphatic rings. The van der Waals surface area contributed by atoms with Crippen molar-refractivity contribution in [3.05, 3.63) is 46.8 Å². The van der Waals surface area contributed by atoms with Gasteiger partial charge in [-0.15, -0.1) is 0 Å². The van der Waals surface area contributed by atoms with E-state index >= 15 is 0 Å². The minimum Gasteiger partial charge on any atom is -0.329 e. The third kappa shape index (κ3) is 2.82. The molecular formula is C13H14BrN3. The molecule has 17 heavy (non-hydrogen) atoms. The van der Waals surface area contributed by atoms with Crippen LogP contribution in [0.2, 0.25) is 0 Å². The molecule has 0 radical (unpaired) electrons. The summed E-state index contributed by atoms with van der Waals surface area (Å²) in [4.78, 5) is 10.9. The van der Waals surface area contributed by atoms with Crippen LogP contribution >= 0.6 is 15.9 Å². The molecule has 0 spiro atoms. The molecule has 0 N–H and O–H groups in total. The van der Waals surface area contributed by atoms with Crippen molar-refractivity contribution in [1.82, 2.24) is 9.97 Å². The van der Waals surface area contributed by atoms with Crippen LogP contribution in [-0.2, 0) is 6.42 Å². The Kier molecular flexibility index (Phi) is 3.74. The molecular weight excluding hydrogens is 278 g/mol. The highest BCUT2D eigenvalue weighted by Crippen LogP contribution is 2.23. The van der Waals surface area contributed by atoms with E-state index in [2.05, 4.69) is 38.0 Å². The van der Waals surface area contributed by atoms with Crippen molar-refractivity contribution in [2.45, 2.75) is 13.3 Å². The lowest BCUT2D eigenvalue weighted by molar-refractivity contribution is 0.915. The predicted molar refractivity (Wildman–Crippen MR) is 73.6 cm³/mol. The van der Waals surface area contributed by atoms with Gasteiger partial charge in [0.2, 0.25) is 0 Å². The molecule has 0 bridgehead atoms. The molecule has 2 rings (SSSR count). The lowest BCUT2D eigenvalue weighted by atomic mass is 10.3. The summed E-state index contributed by atoms with van der Waals surface area (Å²) < 4.78 is 0.821. The van der Waals surface area contributed by atoms with Crippen LogP contribution in [0.15, 0.2) is 41.0 Å². The van der Waals surface area contributed by atoms with E-state index in [0.29, 0.717) is 0 Å². The van der Waals surface area contributed by atoms with Crippen LogP contribution < -0.4 is 4.90 Å². The fourth-order valence-electron chi connectivity index (χ4n) is 1.57. The second-order valence-corrected chi connectivity index (χ2v) is 4.53. The largest absolute Gasteiger partial charge is 0.329 e. The maximum absolute atomic E-state index is 4.51. The fraction of sp³-hybridized carbons (Fsp3) is 0.231. The van der Waals surface area contributed by atoms with E-state index in [4.69, 9.17) is 0 Å². The standard InChI is InChI=1S/C13H14BrN3/c1-3-12-15-11(14)9-13(16-12)17(2)10-7-5-4-6-8-10/h4-9H,3H2,1-2H3. The first-order chi connectivity index (χ1) is 8.20. The Hall–Kier alpha value is -1.42. The van der Waals surface area contributed by atoms with Gasteiger partial charge in [-0.1, -0.05) is 25.1 Å². The van der Waals surface area contributed by atoms with Crippen LogP contribution in [0.25, 0.3) is 0 Å². The number of nitrogens with zero attached hydrogens (tertiary/aromatic N) is 3. The second-order valence-electron chi connectivity index (χ2n) is 3.71. The summed E-state index contributed by atoms with van der Waals surface area (Å²) in [6.07, 6.45) is 0.828. The average molecular weight is 292 g/mol. The molecule has 0 aliphatic heterocycles. The lowest BCUT2D eigenvalue weighted by Crippen LogP contribution is -2.12. The molecule has 0 amide bonds. The predicted octanol–water partition coefficient (Wildman–Crippen LogP) is 3.57. The molecule has 0 aliphatic carbocycles. The van der Waals surface area contributed by atoms with Gasteiger partial charge in [-0.3, -0.25) is 0 Å². The summed E-state index contributed by atoms with van der Waals surface area (Å²) >= 11 is 3.42. The molecule has 3 nitrogen and oxygen atoms in total. The second kappa shape index (κ2) is 5.27. The number of rotatable bonds is 3. The van der Waals surface area contributed by atoms with Crippen LogP contribution in [0.1, 0.15) is 12.7 Å². The lowest BCUT2D eigenvalue weighted by Gasteiger charge is -2.18. The summed E-state index contributed by atoms with van der Waals surface area (Å²) in [6, 6.07) is 12.1. The Morgan fingerprint density at radius 3 is 2.53 bits per heavy atom. The van der Waals surface area contributed by atoms with Gasteiger partial charge in [-0.25, -0.2) is 9.97 Å². The first kappa shape index (κ1) is 12.0. The summed E-state index contributed by atoms with van der Waals surface area (Å²) in [6.45, 7) is 2.05. The number of anilines is 2. The maximum atomic E-state index is 4.51. The summed E-state index contributed by atoms with van der Waals surface area (Å²) in [7, 11) is 2.00. The van der Waals surface area contributed by atoms with E-state index in [1.165, 1.54) is 0 Å². The quantitative estimate of drug-likeness (QED) is 0.810. The Balaban J connectivity index is 2.37. The van der Waals surface area contributed by atoms with Crippen molar-refractivity contribution in [3.63, 3.8) is 0 Å². The molecule has 4 heteroatoms. The average Bonchev–Trinajstić information content (AvgIpc) is 2.38. The van der Waals surface area contributed by atoms with Crippen LogP contribution in [0.5, 0.6) is 0 Å². The number of halogens is 1. The van der Waals surface area contributed by atoms with E-state index in [1.807, 2.05) is 43.1 Å². The van der Waals surface area contributed by atoms with Crippen molar-refractivity contribution in [2.75, 3.05) is 11.9 Å². The molecule has 1 aromatic carbocycles. The first-order valence-corrected chi connectivity index (χ1v) is 6.32. The minimum atomic E-state index is 0.821. The maximum Gasteiger partial charge on any atom is 0.137 e. The van der Waals surface area contributed by atoms with Crippen molar-refractivity contribution < 1.29 is 0 Å². The molecule has 0 saturated heterocycles. The van der Waals surface area contributed by atoms with Gasteiger partial charge in [0.05, 0.1) is 0 Å². The Morgan fingerprint density at radius 2 is 1.88 bits per heavy atom. The number of benzene rings is 1. The number of hydrogen-bond acceptors (Lipinski definition) is 3. The summed E-state index contributed by atoms with van der Waals surface area (Å²) in [5.74, 6) is 1.74. The Morgan fingerprint density at radius 1 is 1.18 bits per heavy atom. The highest BCUT2D eigenvalue weighted by molar-refractivity contribution is 9.10. The summed E-state index contributed by atoms with van der Waals surface area (Å²) in [5, 5.41) is 0. The highest BCUT2D eigenvalue weighted by atomic mass is 79.9. The van der Waals surface area contributed by atoms with Gasteiger partial charge < -0.3 is 4.90 Å². The van der Waals surface area contributed by atoms with Gasteiger partial charge in [0.15, 0.2) is 0 Å². The molecule has 1 heterocycles. The number of hydrogen-bond donors (Lipinski definition) is 0. The van der Waals surface area contributed by atoms with E-state index in [1.54, 1.807) is 0 Å². The van der Waals surface area contributed by atoms with Crippen molar-refractivity contribution in [2.24, 2.45) is 0 Å². The fourth-order valence-corrected chi connectivity index (χ4v) is 1.97. The molecule has 0 fully saturated rings. The van der Waals surface area contributed by atoms with Gasteiger partial charge in [-0.2, -0.15) is 0 Å². The molecule has 0 atom stereocenters. The zero-order chi connectivity index (χ0) is 12.3. The molecule has 1 aromatic heterocycles. The minimum absolute atomic E-state index is 0.821. The van der Waals surface area contributed by atoms with E-state index < -0.39 is 0 Å². The smallest absolute Gasteiger partial charge is 0.137 e. The van der Waals surface area contributed by atoms with Gasteiger partial charge >= 0.3 is 0 Å². The topological polar surface area (TPSA) is 29.0 Å². The zero-order valence-electron chi connectivity index (χ0n) is 9.89. The van der Waals surface area contributed by atoms with Gasteiger partial charge in [0, 0.05) is 25.2 Å². The van der Waals surface area contributed by atoms with Gasteiger partial charge in [0.1, 0.15) is 16.2 Å². The highest BCUT2D eigenvalue weighted by Gasteiger charge is 2.07. The Labute approximate surface area is 110 Å². The Bertz CT molecular complexity index is 499. The number of para-hydroxylation sites is 1. The van der Waals surface area contributed by atoms with Crippen LogP contribution in [0.3, 0.4) is 0 Å². The first-order valence-electron chi connectivity index (χ1n) is 5.53. The van der Waals surface area contributed by atoms with Gasteiger partial charge in [0.25, 0.3) is 0 Å². The molecule has 88 valence electrons. The van der Waals surface area contributed by atoms with Crippen molar-refractivity contribution in [1.29, 1.82) is 0 Å². The number of aryl methyl sites for hydroxylation is 1. The van der Waals surface area contributed by atoms with E-state index in [-0.39, 0.29) is 0 Å². The van der Waals surface area contributed by atoms with Crippen LogP contribution in [-0.4, -0.2) is 17.0 Å². The van der Waals surface area contributed by atoms with Gasteiger partial charge in [-0.05, 0) is 28.1 Å². The number of aromatic nitrogens is 2. The molecule has 2 aromatic rings.